The average molecular weight is 290 g/mol. The minimum absolute atomic E-state index is 0.121. The molecule has 1 aromatic heterocycles. The van der Waals surface area contributed by atoms with E-state index in [0.29, 0.717) is 12.2 Å². The Bertz CT molecular complexity index is 493. The fourth-order valence-electron chi connectivity index (χ4n) is 2.32. The fourth-order valence-corrected chi connectivity index (χ4v) is 2.32. The number of nitrogens with one attached hydrogen (secondary N) is 1. The topological polar surface area (TPSA) is 65.5 Å². The maximum atomic E-state index is 11.8. The smallest absolute Gasteiger partial charge is 0.269 e. The van der Waals surface area contributed by atoms with Crippen LogP contribution in [0.25, 0.3) is 0 Å². The Labute approximate surface area is 125 Å². The molecule has 0 aromatic carbocycles. The second kappa shape index (κ2) is 7.06. The summed E-state index contributed by atoms with van der Waals surface area (Å²) in [6.07, 6.45) is 2.63. The number of carbonyl (C=O) groups is 2. The summed E-state index contributed by atoms with van der Waals surface area (Å²) in [5.74, 6) is -0.0134. The molecule has 1 aliphatic heterocycles. The van der Waals surface area contributed by atoms with Gasteiger partial charge in [-0.15, -0.1) is 0 Å². The van der Waals surface area contributed by atoms with Gasteiger partial charge in [-0.1, -0.05) is 6.92 Å². The van der Waals surface area contributed by atoms with Gasteiger partial charge in [0, 0.05) is 39.6 Å². The highest BCUT2D eigenvalue weighted by molar-refractivity contribution is 5.92. The highest BCUT2D eigenvalue weighted by Gasteiger charge is 2.19. The fraction of sp³-hybridized carbons (Fsp3) is 0.533. The lowest BCUT2D eigenvalue weighted by Gasteiger charge is -2.35. The van der Waals surface area contributed by atoms with Crippen LogP contribution in [0.15, 0.2) is 18.3 Å². The van der Waals surface area contributed by atoms with Gasteiger partial charge in [-0.2, -0.15) is 0 Å². The zero-order valence-electron chi connectivity index (χ0n) is 12.6. The number of nitrogens with zero attached hydrogens (tertiary/aromatic N) is 3. The van der Waals surface area contributed by atoms with Gasteiger partial charge in [0.1, 0.15) is 5.69 Å². The first-order chi connectivity index (χ1) is 10.1. The van der Waals surface area contributed by atoms with Gasteiger partial charge in [-0.25, -0.2) is 4.98 Å². The number of hydrogen-bond donors (Lipinski definition) is 1. The molecule has 21 heavy (non-hydrogen) atoms. The van der Waals surface area contributed by atoms with Crippen molar-refractivity contribution in [2.45, 2.75) is 20.3 Å². The number of hydrogen-bond acceptors (Lipinski definition) is 4. The third kappa shape index (κ3) is 3.93. The molecule has 114 valence electrons. The van der Waals surface area contributed by atoms with Crippen LogP contribution in [0, 0.1) is 0 Å². The van der Waals surface area contributed by atoms with Crippen molar-refractivity contribution in [3.8, 4) is 0 Å². The van der Waals surface area contributed by atoms with Gasteiger partial charge in [0.2, 0.25) is 5.91 Å². The molecule has 0 unspecified atom stereocenters. The van der Waals surface area contributed by atoms with Crippen LogP contribution in [0.2, 0.25) is 0 Å². The molecule has 2 rings (SSSR count). The molecule has 1 N–H and O–H groups in total. The number of aromatic nitrogens is 1. The van der Waals surface area contributed by atoms with Crippen LogP contribution in [0.1, 0.15) is 30.8 Å². The van der Waals surface area contributed by atoms with Gasteiger partial charge in [-0.05, 0) is 18.6 Å². The van der Waals surface area contributed by atoms with Crippen LogP contribution in [0.4, 0.5) is 5.69 Å². The van der Waals surface area contributed by atoms with Crippen LogP contribution >= 0.6 is 0 Å². The van der Waals surface area contributed by atoms with Crippen molar-refractivity contribution in [1.29, 1.82) is 0 Å². The van der Waals surface area contributed by atoms with E-state index in [2.05, 4.69) is 15.2 Å². The molecule has 6 heteroatoms. The Morgan fingerprint density at radius 1 is 1.24 bits per heavy atom. The van der Waals surface area contributed by atoms with Crippen LogP contribution in [-0.2, 0) is 4.79 Å². The Morgan fingerprint density at radius 3 is 2.48 bits per heavy atom. The number of rotatable bonds is 4. The Kier molecular flexibility index (Phi) is 5.14. The predicted octanol–water partition coefficient (Wildman–Crippen LogP) is 0.890. The summed E-state index contributed by atoms with van der Waals surface area (Å²) in [7, 11) is 0. The first-order valence-electron chi connectivity index (χ1n) is 7.36. The normalized spacial score (nSPS) is 15.0. The standard InChI is InChI=1S/C15H22N4O2/c1-3-6-16-15(21)14-5-4-13(11-17-14)19-9-7-18(8-10-19)12(2)20/h4-5,11H,3,6-10H2,1-2H3,(H,16,21). The lowest BCUT2D eigenvalue weighted by atomic mass is 10.2. The molecule has 2 heterocycles. The molecule has 6 nitrogen and oxygen atoms in total. The van der Waals surface area contributed by atoms with Crippen molar-refractivity contribution in [2.24, 2.45) is 0 Å². The number of pyridine rings is 1. The maximum Gasteiger partial charge on any atom is 0.269 e. The molecule has 0 bridgehead atoms. The Hall–Kier alpha value is -2.11. The van der Waals surface area contributed by atoms with E-state index in [0.717, 1.165) is 38.3 Å². The van der Waals surface area contributed by atoms with E-state index < -0.39 is 0 Å². The van der Waals surface area contributed by atoms with Crippen molar-refractivity contribution in [1.82, 2.24) is 15.2 Å². The van der Waals surface area contributed by atoms with Gasteiger partial charge in [0.25, 0.3) is 5.91 Å². The third-order valence-corrected chi connectivity index (χ3v) is 3.61. The zero-order valence-corrected chi connectivity index (χ0v) is 12.6. The lowest BCUT2D eigenvalue weighted by molar-refractivity contribution is -0.129. The summed E-state index contributed by atoms with van der Waals surface area (Å²) >= 11 is 0. The first-order valence-corrected chi connectivity index (χ1v) is 7.36. The molecular formula is C15H22N4O2. The third-order valence-electron chi connectivity index (χ3n) is 3.61. The second-order valence-corrected chi connectivity index (χ2v) is 5.15. The van der Waals surface area contributed by atoms with Crippen LogP contribution in [0.5, 0.6) is 0 Å². The predicted molar refractivity (Wildman–Crippen MR) is 81.3 cm³/mol. The van der Waals surface area contributed by atoms with E-state index in [1.165, 1.54) is 0 Å². The van der Waals surface area contributed by atoms with Crippen molar-refractivity contribution in [3.05, 3.63) is 24.0 Å². The van der Waals surface area contributed by atoms with E-state index in [1.54, 1.807) is 19.2 Å². The first kappa shape index (κ1) is 15.3. The Balaban J connectivity index is 1.94. The van der Waals surface area contributed by atoms with Crippen molar-refractivity contribution in [2.75, 3.05) is 37.6 Å². The van der Waals surface area contributed by atoms with Crippen molar-refractivity contribution < 1.29 is 9.59 Å². The minimum Gasteiger partial charge on any atom is -0.367 e. The Morgan fingerprint density at radius 2 is 1.95 bits per heavy atom. The summed E-state index contributed by atoms with van der Waals surface area (Å²) in [4.78, 5) is 31.3. The molecule has 0 spiro atoms. The van der Waals surface area contributed by atoms with Crippen LogP contribution in [0.3, 0.4) is 0 Å². The van der Waals surface area contributed by atoms with Gasteiger partial charge < -0.3 is 15.1 Å². The van der Waals surface area contributed by atoms with Crippen LogP contribution in [-0.4, -0.2) is 54.4 Å². The number of piperazine rings is 1. The minimum atomic E-state index is -0.134. The van der Waals surface area contributed by atoms with E-state index >= 15 is 0 Å². The molecule has 0 saturated carbocycles. The summed E-state index contributed by atoms with van der Waals surface area (Å²) in [5, 5.41) is 2.81. The zero-order chi connectivity index (χ0) is 15.2. The molecule has 2 amide bonds. The molecule has 0 aliphatic carbocycles. The van der Waals surface area contributed by atoms with E-state index in [1.807, 2.05) is 17.9 Å². The molecule has 0 radical (unpaired) electrons. The molecule has 1 fully saturated rings. The number of amides is 2. The SMILES string of the molecule is CCCNC(=O)c1ccc(N2CCN(C(C)=O)CC2)cn1. The van der Waals surface area contributed by atoms with Gasteiger partial charge in [0.05, 0.1) is 11.9 Å². The number of carbonyl (C=O) groups excluding carboxylic acids is 2. The summed E-state index contributed by atoms with van der Waals surface area (Å²) in [6, 6.07) is 3.66. The maximum absolute atomic E-state index is 11.8. The molecule has 1 aromatic rings. The number of anilines is 1. The monoisotopic (exact) mass is 290 g/mol. The van der Waals surface area contributed by atoms with Crippen molar-refractivity contribution in [3.63, 3.8) is 0 Å². The summed E-state index contributed by atoms with van der Waals surface area (Å²) in [6.45, 7) is 7.32. The van der Waals surface area contributed by atoms with Gasteiger partial charge in [-0.3, -0.25) is 9.59 Å². The highest BCUT2D eigenvalue weighted by atomic mass is 16.2. The van der Waals surface area contributed by atoms with E-state index in [9.17, 15) is 9.59 Å². The van der Waals surface area contributed by atoms with Gasteiger partial charge in [0.15, 0.2) is 0 Å². The quantitative estimate of drug-likeness (QED) is 0.894. The second-order valence-electron chi connectivity index (χ2n) is 5.15. The summed E-state index contributed by atoms with van der Waals surface area (Å²) < 4.78 is 0. The van der Waals surface area contributed by atoms with Gasteiger partial charge >= 0.3 is 0 Å². The van der Waals surface area contributed by atoms with E-state index in [4.69, 9.17) is 0 Å². The molecule has 1 aliphatic rings. The molecule has 1 saturated heterocycles. The molecule has 0 atom stereocenters. The summed E-state index contributed by atoms with van der Waals surface area (Å²) in [5.41, 5.74) is 1.43. The van der Waals surface area contributed by atoms with Crippen LogP contribution < -0.4 is 10.2 Å². The van der Waals surface area contributed by atoms with Crippen molar-refractivity contribution >= 4 is 17.5 Å². The largest absolute Gasteiger partial charge is 0.367 e. The van der Waals surface area contributed by atoms with E-state index in [-0.39, 0.29) is 11.8 Å². The molecular weight excluding hydrogens is 268 g/mol. The average Bonchev–Trinajstić information content (AvgIpc) is 2.53. The lowest BCUT2D eigenvalue weighted by Crippen LogP contribution is -2.48. The highest BCUT2D eigenvalue weighted by Crippen LogP contribution is 2.15.